The minimum atomic E-state index is -0.853. The van der Waals surface area contributed by atoms with Gasteiger partial charge in [-0.25, -0.2) is 4.79 Å². The van der Waals surface area contributed by atoms with Gasteiger partial charge in [-0.3, -0.25) is 0 Å². The maximum Gasteiger partial charge on any atom is 0.336 e. The molecule has 0 aliphatic carbocycles. The van der Waals surface area contributed by atoms with Crippen molar-refractivity contribution in [3.05, 3.63) is 46.4 Å². The first-order chi connectivity index (χ1) is 6.77. The van der Waals surface area contributed by atoms with Crippen molar-refractivity contribution in [1.82, 2.24) is 4.57 Å². The summed E-state index contributed by atoms with van der Waals surface area (Å²) in [6.07, 6.45) is 3.84. The lowest BCUT2D eigenvalue weighted by Crippen LogP contribution is -2.02. The van der Waals surface area contributed by atoms with Crippen LogP contribution in [0.1, 0.15) is 15.9 Å². The molecule has 2 rings (SSSR count). The Bertz CT molecular complexity index is 431. The van der Waals surface area contributed by atoms with Crippen LogP contribution in [0.5, 0.6) is 0 Å². The van der Waals surface area contributed by atoms with Gasteiger partial charge in [-0.2, -0.15) is 11.3 Å². The number of aromatic nitrogens is 1. The van der Waals surface area contributed by atoms with Crippen molar-refractivity contribution in [3.8, 4) is 0 Å². The Kier molecular flexibility index (Phi) is 2.37. The van der Waals surface area contributed by atoms with E-state index in [1.165, 1.54) is 11.3 Å². The number of carboxylic acids is 1. The molecule has 2 aromatic heterocycles. The maximum absolute atomic E-state index is 10.8. The van der Waals surface area contributed by atoms with Crippen LogP contribution in [0.3, 0.4) is 0 Å². The van der Waals surface area contributed by atoms with Gasteiger partial charge in [0, 0.05) is 24.3 Å². The first kappa shape index (κ1) is 9.02. The first-order valence-electron chi connectivity index (χ1n) is 4.16. The monoisotopic (exact) mass is 207 g/mol. The molecular weight excluding hydrogens is 198 g/mol. The Morgan fingerprint density at radius 2 is 2.07 bits per heavy atom. The highest BCUT2D eigenvalue weighted by Gasteiger charge is 2.10. The molecule has 0 saturated carbocycles. The molecule has 0 unspecified atom stereocenters. The number of nitrogens with zero attached hydrogens (tertiary/aromatic N) is 1. The zero-order chi connectivity index (χ0) is 9.97. The number of carboxylic acid groups (broad SMARTS) is 1. The number of aromatic carboxylic acids is 1. The van der Waals surface area contributed by atoms with Crippen LogP contribution in [-0.2, 0) is 6.54 Å². The Morgan fingerprint density at radius 1 is 1.36 bits per heavy atom. The van der Waals surface area contributed by atoms with E-state index in [1.54, 1.807) is 5.38 Å². The van der Waals surface area contributed by atoms with Gasteiger partial charge in [-0.1, -0.05) is 0 Å². The molecule has 0 amide bonds. The molecule has 72 valence electrons. The SMILES string of the molecule is O=C(O)c1cscc1Cn1cccc1. The largest absolute Gasteiger partial charge is 0.478 e. The van der Waals surface area contributed by atoms with E-state index in [4.69, 9.17) is 5.11 Å². The first-order valence-corrected chi connectivity index (χ1v) is 5.11. The van der Waals surface area contributed by atoms with Gasteiger partial charge in [0.05, 0.1) is 5.56 Å². The highest BCUT2D eigenvalue weighted by atomic mass is 32.1. The zero-order valence-electron chi connectivity index (χ0n) is 7.38. The lowest BCUT2D eigenvalue weighted by atomic mass is 10.2. The van der Waals surface area contributed by atoms with Crippen LogP contribution in [0, 0.1) is 0 Å². The Labute approximate surface area is 85.2 Å². The summed E-state index contributed by atoms with van der Waals surface area (Å²) in [6, 6.07) is 3.85. The van der Waals surface area contributed by atoms with Gasteiger partial charge < -0.3 is 9.67 Å². The molecule has 0 bridgehead atoms. The van der Waals surface area contributed by atoms with Crippen LogP contribution in [0.25, 0.3) is 0 Å². The fraction of sp³-hybridized carbons (Fsp3) is 0.100. The quantitative estimate of drug-likeness (QED) is 0.839. The standard InChI is InChI=1S/C10H9NO2S/c12-10(13)9-7-14-6-8(9)5-11-3-1-2-4-11/h1-4,6-7H,5H2,(H,12,13). The van der Waals surface area contributed by atoms with E-state index in [9.17, 15) is 4.79 Å². The van der Waals surface area contributed by atoms with E-state index in [1.807, 2.05) is 34.5 Å². The molecule has 0 atom stereocenters. The second kappa shape index (κ2) is 3.67. The maximum atomic E-state index is 10.8. The molecule has 0 radical (unpaired) electrons. The fourth-order valence-electron chi connectivity index (χ4n) is 1.31. The van der Waals surface area contributed by atoms with E-state index < -0.39 is 5.97 Å². The van der Waals surface area contributed by atoms with Gasteiger partial charge in [0.25, 0.3) is 0 Å². The average Bonchev–Trinajstić information content (AvgIpc) is 2.75. The highest BCUT2D eigenvalue weighted by molar-refractivity contribution is 7.08. The summed E-state index contributed by atoms with van der Waals surface area (Å²) >= 11 is 1.42. The predicted molar refractivity (Wildman–Crippen MR) is 54.8 cm³/mol. The second-order valence-electron chi connectivity index (χ2n) is 2.97. The molecule has 1 N–H and O–H groups in total. The van der Waals surface area contributed by atoms with Gasteiger partial charge in [0.2, 0.25) is 0 Å². The molecule has 4 heteroatoms. The van der Waals surface area contributed by atoms with E-state index in [0.717, 1.165) is 5.56 Å². The predicted octanol–water partition coefficient (Wildman–Crippen LogP) is 2.30. The third kappa shape index (κ3) is 1.70. The third-order valence-electron chi connectivity index (χ3n) is 1.99. The summed E-state index contributed by atoms with van der Waals surface area (Å²) in [6.45, 7) is 0.623. The Hall–Kier alpha value is -1.55. The lowest BCUT2D eigenvalue weighted by Gasteiger charge is -2.01. The van der Waals surface area contributed by atoms with Crippen LogP contribution >= 0.6 is 11.3 Å². The van der Waals surface area contributed by atoms with Crippen LogP contribution in [-0.4, -0.2) is 15.6 Å². The highest BCUT2D eigenvalue weighted by Crippen LogP contribution is 2.16. The van der Waals surface area contributed by atoms with Crippen molar-refractivity contribution in [2.24, 2.45) is 0 Å². The van der Waals surface area contributed by atoms with Gasteiger partial charge >= 0.3 is 5.97 Å². The van der Waals surface area contributed by atoms with Crippen LogP contribution in [0.15, 0.2) is 35.3 Å². The Balaban J connectivity index is 2.25. The third-order valence-corrected chi connectivity index (χ3v) is 2.78. The molecule has 0 aliphatic rings. The van der Waals surface area contributed by atoms with Crippen LogP contribution in [0.4, 0.5) is 0 Å². The molecule has 0 fully saturated rings. The number of hydrogen-bond donors (Lipinski definition) is 1. The molecule has 2 aromatic rings. The van der Waals surface area contributed by atoms with E-state index in [-0.39, 0.29) is 0 Å². The Morgan fingerprint density at radius 3 is 2.71 bits per heavy atom. The van der Waals surface area contributed by atoms with Gasteiger partial charge in [0.1, 0.15) is 0 Å². The van der Waals surface area contributed by atoms with Crippen molar-refractivity contribution in [2.45, 2.75) is 6.54 Å². The summed E-state index contributed by atoms with van der Waals surface area (Å²) in [5.74, 6) is -0.853. The van der Waals surface area contributed by atoms with Crippen molar-refractivity contribution in [3.63, 3.8) is 0 Å². The van der Waals surface area contributed by atoms with Crippen molar-refractivity contribution < 1.29 is 9.90 Å². The number of carbonyl (C=O) groups is 1. The summed E-state index contributed by atoms with van der Waals surface area (Å²) in [4.78, 5) is 10.8. The summed E-state index contributed by atoms with van der Waals surface area (Å²) in [5.41, 5.74) is 1.27. The second-order valence-corrected chi connectivity index (χ2v) is 3.71. The van der Waals surface area contributed by atoms with E-state index in [2.05, 4.69) is 0 Å². The van der Waals surface area contributed by atoms with Crippen molar-refractivity contribution in [1.29, 1.82) is 0 Å². The molecule has 0 aromatic carbocycles. The molecule has 14 heavy (non-hydrogen) atoms. The topological polar surface area (TPSA) is 42.2 Å². The van der Waals surface area contributed by atoms with Crippen molar-refractivity contribution >= 4 is 17.3 Å². The summed E-state index contributed by atoms with van der Waals surface area (Å²) in [7, 11) is 0. The van der Waals surface area contributed by atoms with Crippen LogP contribution < -0.4 is 0 Å². The van der Waals surface area contributed by atoms with E-state index in [0.29, 0.717) is 12.1 Å². The molecule has 0 aliphatic heterocycles. The molecular formula is C10H9NO2S. The fourth-order valence-corrected chi connectivity index (χ4v) is 2.13. The van der Waals surface area contributed by atoms with Gasteiger partial charge in [-0.05, 0) is 23.1 Å². The zero-order valence-corrected chi connectivity index (χ0v) is 8.20. The smallest absolute Gasteiger partial charge is 0.336 e. The lowest BCUT2D eigenvalue weighted by molar-refractivity contribution is 0.0696. The average molecular weight is 207 g/mol. The minimum Gasteiger partial charge on any atom is -0.478 e. The molecule has 2 heterocycles. The summed E-state index contributed by atoms with van der Waals surface area (Å²) in [5, 5.41) is 12.4. The van der Waals surface area contributed by atoms with Gasteiger partial charge in [0.15, 0.2) is 0 Å². The van der Waals surface area contributed by atoms with E-state index >= 15 is 0 Å². The normalized spacial score (nSPS) is 10.3. The van der Waals surface area contributed by atoms with Crippen molar-refractivity contribution in [2.75, 3.05) is 0 Å². The molecule has 0 spiro atoms. The van der Waals surface area contributed by atoms with Crippen LogP contribution in [0.2, 0.25) is 0 Å². The number of hydrogen-bond acceptors (Lipinski definition) is 2. The number of thiophene rings is 1. The number of rotatable bonds is 3. The summed E-state index contributed by atoms with van der Waals surface area (Å²) < 4.78 is 1.95. The molecule has 3 nitrogen and oxygen atoms in total. The van der Waals surface area contributed by atoms with Gasteiger partial charge in [-0.15, -0.1) is 0 Å². The minimum absolute atomic E-state index is 0.406. The molecule has 0 saturated heterocycles.